The maximum Gasteiger partial charge on any atom is 0.238 e. The van der Waals surface area contributed by atoms with Gasteiger partial charge in [0, 0.05) is 43.9 Å². The highest BCUT2D eigenvalue weighted by Crippen LogP contribution is 2.42. The summed E-state index contributed by atoms with van der Waals surface area (Å²) >= 11 is 0. The molecule has 0 saturated carbocycles. The fourth-order valence-electron chi connectivity index (χ4n) is 9.41. The van der Waals surface area contributed by atoms with Gasteiger partial charge >= 0.3 is 0 Å². The van der Waals surface area contributed by atoms with Crippen molar-refractivity contribution in [1.82, 2.24) is 29.1 Å². The van der Waals surface area contributed by atoms with E-state index in [1.54, 1.807) is 0 Å². The minimum Gasteiger partial charge on any atom is -0.436 e. The van der Waals surface area contributed by atoms with E-state index >= 15 is 0 Å². The summed E-state index contributed by atoms with van der Waals surface area (Å²) in [6, 6.07) is 75.8. The van der Waals surface area contributed by atoms with Gasteiger partial charge in [-0.05, 0) is 76.9 Å². The molecular formula is C58H36N6O. The van der Waals surface area contributed by atoms with Gasteiger partial charge in [0.05, 0.1) is 22.1 Å². The van der Waals surface area contributed by atoms with Gasteiger partial charge in [-0.15, -0.1) is 0 Å². The Hall–Kier alpha value is -8.94. The average Bonchev–Trinajstić information content (AvgIpc) is 4.08. The Morgan fingerprint density at radius 3 is 1.45 bits per heavy atom. The summed E-state index contributed by atoms with van der Waals surface area (Å²) in [6.07, 6.45) is 0. The molecule has 7 heteroatoms. The number of fused-ring (bicyclic) bond motifs is 8. The zero-order valence-electron chi connectivity index (χ0n) is 34.9. The van der Waals surface area contributed by atoms with Crippen LogP contribution in [0.25, 0.3) is 123 Å². The molecule has 4 heterocycles. The Morgan fingerprint density at radius 2 is 0.815 bits per heavy atom. The van der Waals surface area contributed by atoms with Gasteiger partial charge in [-0.2, -0.15) is 9.97 Å². The van der Waals surface area contributed by atoms with Crippen molar-refractivity contribution in [3.8, 4) is 68.1 Å². The maximum atomic E-state index is 6.30. The van der Waals surface area contributed by atoms with Gasteiger partial charge in [0.1, 0.15) is 5.52 Å². The first kappa shape index (κ1) is 36.7. The second-order valence-corrected chi connectivity index (χ2v) is 16.3. The molecule has 0 N–H and O–H groups in total. The molecule has 9 aromatic carbocycles. The van der Waals surface area contributed by atoms with Crippen molar-refractivity contribution in [2.45, 2.75) is 0 Å². The Balaban J connectivity index is 1.10. The number of hydrogen-bond acceptors (Lipinski definition) is 5. The highest BCUT2D eigenvalue weighted by molar-refractivity contribution is 6.23. The molecule has 0 amide bonds. The van der Waals surface area contributed by atoms with Crippen LogP contribution in [0.5, 0.6) is 0 Å². The zero-order chi connectivity index (χ0) is 42.8. The molecule has 0 aliphatic rings. The molecule has 65 heavy (non-hydrogen) atoms. The fourth-order valence-corrected chi connectivity index (χ4v) is 9.41. The topological polar surface area (TPSA) is 74.6 Å². The van der Waals surface area contributed by atoms with Crippen molar-refractivity contribution in [2.75, 3.05) is 0 Å². The van der Waals surface area contributed by atoms with E-state index in [0.29, 0.717) is 23.5 Å². The number of benzene rings is 9. The molecule has 0 aliphatic heterocycles. The lowest BCUT2D eigenvalue weighted by Crippen LogP contribution is -2.07. The van der Waals surface area contributed by atoms with Gasteiger partial charge in [0.15, 0.2) is 17.2 Å². The Morgan fingerprint density at radius 1 is 0.323 bits per heavy atom. The molecule has 304 valence electrons. The zero-order valence-corrected chi connectivity index (χ0v) is 34.9. The highest BCUT2D eigenvalue weighted by atomic mass is 16.3. The van der Waals surface area contributed by atoms with Gasteiger partial charge in [0.25, 0.3) is 0 Å². The number of para-hydroxylation sites is 4. The van der Waals surface area contributed by atoms with Gasteiger partial charge in [-0.1, -0.05) is 164 Å². The van der Waals surface area contributed by atoms with E-state index in [9.17, 15) is 0 Å². The van der Waals surface area contributed by atoms with Gasteiger partial charge in [-0.3, -0.25) is 4.57 Å². The Bertz CT molecular complexity index is 3820. The van der Waals surface area contributed by atoms with Crippen LogP contribution in [0, 0.1) is 0 Å². The molecule has 0 saturated heterocycles. The summed E-state index contributed by atoms with van der Waals surface area (Å²) in [7, 11) is 0. The lowest BCUT2D eigenvalue weighted by molar-refractivity contribution is 0.620. The summed E-state index contributed by atoms with van der Waals surface area (Å²) in [5.74, 6) is 2.26. The Labute approximate surface area is 373 Å². The summed E-state index contributed by atoms with van der Waals surface area (Å²) in [5, 5.41) is 4.45. The molecule has 0 unspecified atom stereocenters. The molecule has 4 aromatic heterocycles. The largest absolute Gasteiger partial charge is 0.436 e. The SMILES string of the molecule is c1ccc(-c2cccc(-c3nc(-c4cccc(-c5ccccc5)c4)nc(-n4c5ccccc5c5ccc6c7ccccc7n(-c7cccc(-c8nc9ccccc9o8)c7)c6c54)n3)c2)cc1. The smallest absolute Gasteiger partial charge is 0.238 e. The second-order valence-electron chi connectivity index (χ2n) is 16.3. The molecule has 13 rings (SSSR count). The van der Waals surface area contributed by atoms with Crippen molar-refractivity contribution < 1.29 is 4.42 Å². The van der Waals surface area contributed by atoms with E-state index in [1.165, 1.54) is 0 Å². The average molecular weight is 833 g/mol. The van der Waals surface area contributed by atoms with Gasteiger partial charge < -0.3 is 8.98 Å². The predicted octanol–water partition coefficient (Wildman–Crippen LogP) is 14.5. The van der Waals surface area contributed by atoms with Crippen molar-refractivity contribution in [2.24, 2.45) is 0 Å². The van der Waals surface area contributed by atoms with Crippen molar-refractivity contribution in [1.29, 1.82) is 0 Å². The predicted molar refractivity (Wildman–Crippen MR) is 263 cm³/mol. The molecule has 0 atom stereocenters. The van der Waals surface area contributed by atoms with E-state index < -0.39 is 0 Å². The van der Waals surface area contributed by atoms with Crippen molar-refractivity contribution in [3.05, 3.63) is 218 Å². The van der Waals surface area contributed by atoms with Gasteiger partial charge in [-0.25, -0.2) is 9.97 Å². The molecule has 0 fully saturated rings. The number of rotatable bonds is 7. The van der Waals surface area contributed by atoms with E-state index in [2.05, 4.69) is 191 Å². The molecule has 0 radical (unpaired) electrons. The van der Waals surface area contributed by atoms with Crippen LogP contribution in [0.3, 0.4) is 0 Å². The maximum absolute atomic E-state index is 6.30. The van der Waals surface area contributed by atoms with Gasteiger partial charge in [0.2, 0.25) is 11.8 Å². The first-order valence-corrected chi connectivity index (χ1v) is 21.7. The molecular weight excluding hydrogens is 797 g/mol. The third-order valence-electron chi connectivity index (χ3n) is 12.4. The van der Waals surface area contributed by atoms with Crippen LogP contribution < -0.4 is 0 Å². The third kappa shape index (κ3) is 6.13. The molecule has 0 aliphatic carbocycles. The normalized spacial score (nSPS) is 11.7. The third-order valence-corrected chi connectivity index (χ3v) is 12.4. The van der Waals surface area contributed by atoms with E-state index in [1.807, 2.05) is 36.4 Å². The van der Waals surface area contributed by atoms with Crippen LogP contribution in [0.4, 0.5) is 0 Å². The summed E-state index contributed by atoms with van der Waals surface area (Å²) in [4.78, 5) is 21.0. The quantitative estimate of drug-likeness (QED) is 0.160. The number of oxazole rings is 1. The number of aromatic nitrogens is 6. The molecule has 0 spiro atoms. The van der Waals surface area contributed by atoms with Crippen LogP contribution in [0.1, 0.15) is 0 Å². The highest BCUT2D eigenvalue weighted by Gasteiger charge is 2.24. The summed E-state index contributed by atoms with van der Waals surface area (Å²) in [6.45, 7) is 0. The first-order chi connectivity index (χ1) is 32.2. The van der Waals surface area contributed by atoms with Crippen LogP contribution in [-0.2, 0) is 0 Å². The van der Waals surface area contributed by atoms with E-state index in [-0.39, 0.29) is 0 Å². The van der Waals surface area contributed by atoms with Crippen LogP contribution in [-0.4, -0.2) is 29.1 Å². The standard InChI is InChI=1S/C58H36N6O/c1-3-16-37(17-4-1)39-20-13-22-41(34-39)55-60-56(42-23-14-21-40(35-42)38-18-5-2-6-19-38)62-58(61-55)64-51-30-11-8-27-46(51)48-33-32-47-45-26-7-10-29-50(45)63(53(47)54(48)64)44-25-15-24-43(36-44)57-59-49-28-9-12-31-52(49)65-57/h1-36H. The molecule has 0 bridgehead atoms. The lowest BCUT2D eigenvalue weighted by atomic mass is 10.0. The number of nitrogens with zero attached hydrogens (tertiary/aromatic N) is 6. The summed E-state index contributed by atoms with van der Waals surface area (Å²) < 4.78 is 10.9. The molecule has 13 aromatic rings. The van der Waals surface area contributed by atoms with Crippen LogP contribution >= 0.6 is 0 Å². The lowest BCUT2D eigenvalue weighted by Gasteiger charge is -2.14. The summed E-state index contributed by atoms with van der Waals surface area (Å²) in [5.41, 5.74) is 13.7. The first-order valence-electron chi connectivity index (χ1n) is 21.7. The number of hydrogen-bond donors (Lipinski definition) is 0. The van der Waals surface area contributed by atoms with Crippen LogP contribution in [0.15, 0.2) is 223 Å². The second kappa shape index (κ2) is 14.9. The van der Waals surface area contributed by atoms with Crippen LogP contribution in [0.2, 0.25) is 0 Å². The Kier molecular flexibility index (Phi) is 8.39. The fraction of sp³-hybridized carbons (Fsp3) is 0. The van der Waals surface area contributed by atoms with Crippen molar-refractivity contribution >= 4 is 54.7 Å². The monoisotopic (exact) mass is 832 g/mol. The molecule has 7 nitrogen and oxygen atoms in total. The van der Waals surface area contributed by atoms with E-state index in [4.69, 9.17) is 24.4 Å². The van der Waals surface area contributed by atoms with E-state index in [0.717, 1.165) is 99.3 Å². The minimum atomic E-state index is 0.524. The minimum absolute atomic E-state index is 0.524. The van der Waals surface area contributed by atoms with Crippen molar-refractivity contribution in [3.63, 3.8) is 0 Å².